The van der Waals surface area contributed by atoms with E-state index in [-0.39, 0.29) is 29.7 Å². The fourth-order valence-electron chi connectivity index (χ4n) is 5.07. The molecule has 4 aromatic carbocycles. The standard InChI is InChI=1S/C36H40ClN3O4S/c1-4-29-17-12-14-22-33(29)40(45(43,44)31-19-9-6-10-20-31)26-35(41)39(25-30-18-11-13-21-32(30)37)34(36(42)38-24-27(2)3)23-28-15-7-5-8-16-28/h5-22,27,34H,4,23-26H2,1-3H3,(H,38,42). The Bertz CT molecular complexity index is 1680. The maximum Gasteiger partial charge on any atom is 0.264 e. The van der Waals surface area contributed by atoms with Gasteiger partial charge >= 0.3 is 0 Å². The summed E-state index contributed by atoms with van der Waals surface area (Å²) in [4.78, 5) is 30.0. The number of halogens is 1. The van der Waals surface area contributed by atoms with E-state index in [1.54, 1.807) is 48.5 Å². The number of aryl methyl sites for hydroxylation is 1. The summed E-state index contributed by atoms with van der Waals surface area (Å²) in [7, 11) is -4.16. The molecular weight excluding hydrogens is 606 g/mol. The lowest BCUT2D eigenvalue weighted by molar-refractivity contribution is -0.140. The molecule has 1 atom stereocenters. The number of nitrogens with one attached hydrogen (secondary N) is 1. The maximum atomic E-state index is 14.6. The van der Waals surface area contributed by atoms with Crippen LogP contribution in [0.1, 0.15) is 37.5 Å². The normalized spacial score (nSPS) is 12.0. The van der Waals surface area contributed by atoms with Crippen LogP contribution in [-0.2, 0) is 39.0 Å². The van der Waals surface area contributed by atoms with Crippen LogP contribution >= 0.6 is 11.6 Å². The molecule has 0 saturated carbocycles. The summed E-state index contributed by atoms with van der Waals surface area (Å²) in [5.41, 5.74) is 2.70. The Kier molecular flexibility index (Phi) is 11.8. The third-order valence-electron chi connectivity index (χ3n) is 7.51. The molecule has 236 valence electrons. The summed E-state index contributed by atoms with van der Waals surface area (Å²) in [6, 6.07) is 30.9. The van der Waals surface area contributed by atoms with Crippen molar-refractivity contribution in [1.82, 2.24) is 10.2 Å². The molecule has 0 radical (unpaired) electrons. The molecule has 1 N–H and O–H groups in total. The second-order valence-corrected chi connectivity index (χ2v) is 13.5. The van der Waals surface area contributed by atoms with Crippen LogP contribution in [0, 0.1) is 5.92 Å². The first-order valence-electron chi connectivity index (χ1n) is 15.1. The van der Waals surface area contributed by atoms with Gasteiger partial charge in [-0.05, 0) is 53.3 Å². The summed E-state index contributed by atoms with van der Waals surface area (Å²) in [6.07, 6.45) is 0.792. The molecule has 1 unspecified atom stereocenters. The Balaban J connectivity index is 1.83. The van der Waals surface area contributed by atoms with Gasteiger partial charge in [-0.25, -0.2) is 8.42 Å². The van der Waals surface area contributed by atoms with E-state index in [9.17, 15) is 18.0 Å². The van der Waals surface area contributed by atoms with Crippen LogP contribution in [0.4, 0.5) is 5.69 Å². The summed E-state index contributed by atoms with van der Waals surface area (Å²) in [5.74, 6) is -0.656. The fraction of sp³-hybridized carbons (Fsp3) is 0.278. The van der Waals surface area contributed by atoms with E-state index in [4.69, 9.17) is 11.6 Å². The third kappa shape index (κ3) is 8.74. The number of carbonyl (C=O) groups excluding carboxylic acids is 2. The predicted octanol–water partition coefficient (Wildman–Crippen LogP) is 6.51. The molecule has 0 aliphatic rings. The molecule has 0 aliphatic carbocycles. The highest BCUT2D eigenvalue weighted by atomic mass is 35.5. The number of hydrogen-bond donors (Lipinski definition) is 1. The number of nitrogens with zero attached hydrogens (tertiary/aromatic N) is 2. The SMILES string of the molecule is CCc1ccccc1N(CC(=O)N(Cc1ccccc1Cl)C(Cc1ccccc1)C(=O)NCC(C)C)S(=O)(=O)c1ccccc1. The Morgan fingerprint density at radius 2 is 1.38 bits per heavy atom. The largest absolute Gasteiger partial charge is 0.354 e. The number of sulfonamides is 1. The van der Waals surface area contributed by atoms with E-state index < -0.39 is 28.5 Å². The van der Waals surface area contributed by atoms with Crippen molar-refractivity contribution < 1.29 is 18.0 Å². The average Bonchev–Trinajstić information content (AvgIpc) is 3.05. The van der Waals surface area contributed by atoms with Crippen LogP contribution < -0.4 is 9.62 Å². The minimum atomic E-state index is -4.16. The van der Waals surface area contributed by atoms with Crippen molar-refractivity contribution >= 4 is 39.1 Å². The van der Waals surface area contributed by atoms with Gasteiger partial charge < -0.3 is 10.2 Å². The van der Waals surface area contributed by atoms with Gasteiger partial charge in [-0.3, -0.25) is 13.9 Å². The van der Waals surface area contributed by atoms with Crippen LogP contribution in [0.15, 0.2) is 114 Å². The average molecular weight is 646 g/mol. The number of carbonyl (C=O) groups is 2. The highest BCUT2D eigenvalue weighted by Crippen LogP contribution is 2.29. The zero-order valence-corrected chi connectivity index (χ0v) is 27.5. The van der Waals surface area contributed by atoms with E-state index in [1.807, 2.05) is 69.3 Å². The van der Waals surface area contributed by atoms with Crippen LogP contribution in [0.5, 0.6) is 0 Å². The van der Waals surface area contributed by atoms with Gasteiger partial charge in [0.15, 0.2) is 0 Å². The molecule has 7 nitrogen and oxygen atoms in total. The molecule has 0 aromatic heterocycles. The molecule has 0 fully saturated rings. The third-order valence-corrected chi connectivity index (χ3v) is 9.65. The summed E-state index contributed by atoms with van der Waals surface area (Å²) in [5, 5.41) is 3.45. The molecule has 0 bridgehead atoms. The van der Waals surface area contributed by atoms with Gasteiger partial charge in [0.2, 0.25) is 11.8 Å². The van der Waals surface area contributed by atoms with Crippen molar-refractivity contribution in [3.63, 3.8) is 0 Å². The number of anilines is 1. The van der Waals surface area contributed by atoms with Crippen molar-refractivity contribution in [2.75, 3.05) is 17.4 Å². The molecule has 9 heteroatoms. The van der Waals surface area contributed by atoms with Crippen molar-refractivity contribution in [2.24, 2.45) is 5.92 Å². The van der Waals surface area contributed by atoms with Crippen molar-refractivity contribution in [3.8, 4) is 0 Å². The Morgan fingerprint density at radius 1 is 0.800 bits per heavy atom. The van der Waals surface area contributed by atoms with Crippen LogP contribution in [0.3, 0.4) is 0 Å². The van der Waals surface area contributed by atoms with Crippen molar-refractivity contribution in [1.29, 1.82) is 0 Å². The molecule has 2 amide bonds. The smallest absolute Gasteiger partial charge is 0.264 e. The molecule has 0 spiro atoms. The van der Waals surface area contributed by atoms with Gasteiger partial charge in [-0.1, -0.05) is 117 Å². The van der Waals surface area contributed by atoms with E-state index in [0.717, 1.165) is 15.4 Å². The zero-order chi connectivity index (χ0) is 32.4. The molecule has 4 rings (SSSR count). The minimum absolute atomic E-state index is 0.0136. The van der Waals surface area contributed by atoms with E-state index in [2.05, 4.69) is 5.32 Å². The highest BCUT2D eigenvalue weighted by Gasteiger charge is 2.35. The van der Waals surface area contributed by atoms with Crippen molar-refractivity contribution in [2.45, 2.75) is 51.1 Å². The molecule has 0 saturated heterocycles. The second-order valence-electron chi connectivity index (χ2n) is 11.3. The van der Waals surface area contributed by atoms with Gasteiger partial charge in [0, 0.05) is 24.5 Å². The van der Waals surface area contributed by atoms with E-state index in [0.29, 0.717) is 29.2 Å². The van der Waals surface area contributed by atoms with E-state index in [1.165, 1.54) is 17.0 Å². The first-order chi connectivity index (χ1) is 21.6. The first kappa shape index (κ1) is 33.7. The molecule has 0 heterocycles. The zero-order valence-electron chi connectivity index (χ0n) is 25.9. The first-order valence-corrected chi connectivity index (χ1v) is 16.9. The fourth-order valence-corrected chi connectivity index (χ4v) is 6.74. The molecule has 45 heavy (non-hydrogen) atoms. The Labute approximate surface area is 271 Å². The van der Waals surface area contributed by atoms with Crippen molar-refractivity contribution in [3.05, 3.63) is 131 Å². The van der Waals surface area contributed by atoms with Gasteiger partial charge in [-0.2, -0.15) is 0 Å². The van der Waals surface area contributed by atoms with Gasteiger partial charge in [-0.15, -0.1) is 0 Å². The van der Waals surface area contributed by atoms with Crippen LogP contribution in [0.25, 0.3) is 0 Å². The topological polar surface area (TPSA) is 86.8 Å². The number of rotatable bonds is 14. The van der Waals surface area contributed by atoms with Crippen LogP contribution in [0.2, 0.25) is 5.02 Å². The van der Waals surface area contributed by atoms with E-state index >= 15 is 0 Å². The quantitative estimate of drug-likeness (QED) is 0.169. The highest BCUT2D eigenvalue weighted by molar-refractivity contribution is 7.92. The molecule has 0 aliphatic heterocycles. The Morgan fingerprint density at radius 3 is 2.00 bits per heavy atom. The lowest BCUT2D eigenvalue weighted by Crippen LogP contribution is -2.53. The molecular formula is C36H40ClN3O4S. The number of benzene rings is 4. The van der Waals surface area contributed by atoms with Crippen LogP contribution in [-0.4, -0.2) is 44.3 Å². The summed E-state index contributed by atoms with van der Waals surface area (Å²) >= 11 is 6.57. The lowest BCUT2D eigenvalue weighted by Gasteiger charge is -2.34. The monoisotopic (exact) mass is 645 g/mol. The Hall–Kier alpha value is -4.14. The van der Waals surface area contributed by atoms with Gasteiger partial charge in [0.05, 0.1) is 10.6 Å². The summed E-state index contributed by atoms with van der Waals surface area (Å²) < 4.78 is 29.6. The lowest BCUT2D eigenvalue weighted by atomic mass is 10.0. The maximum absolute atomic E-state index is 14.6. The minimum Gasteiger partial charge on any atom is -0.354 e. The number of amides is 2. The number of hydrogen-bond acceptors (Lipinski definition) is 4. The second kappa shape index (κ2) is 15.7. The number of para-hydroxylation sites is 1. The van der Waals surface area contributed by atoms with Gasteiger partial charge in [0.1, 0.15) is 12.6 Å². The predicted molar refractivity (Wildman–Crippen MR) is 181 cm³/mol. The van der Waals surface area contributed by atoms with Gasteiger partial charge in [0.25, 0.3) is 10.0 Å². The molecule has 4 aromatic rings. The summed E-state index contributed by atoms with van der Waals surface area (Å²) in [6.45, 7) is 5.86.